The molecule has 1 aromatic rings. The summed E-state index contributed by atoms with van der Waals surface area (Å²) in [7, 11) is -1.96. The second-order valence-corrected chi connectivity index (χ2v) is 7.13. The predicted octanol–water partition coefficient (Wildman–Crippen LogP) is 1.04. The molecule has 1 N–H and O–H groups in total. The summed E-state index contributed by atoms with van der Waals surface area (Å²) in [5, 5.41) is 9.34. The van der Waals surface area contributed by atoms with Crippen LogP contribution in [0, 0.1) is 0 Å². The van der Waals surface area contributed by atoms with E-state index in [1.807, 2.05) is 0 Å². The van der Waals surface area contributed by atoms with Gasteiger partial charge < -0.3 is 9.84 Å². The van der Waals surface area contributed by atoms with Gasteiger partial charge in [0.1, 0.15) is 0 Å². The van der Waals surface area contributed by atoms with Crippen LogP contribution in [0.3, 0.4) is 0 Å². The fraction of sp³-hybridized carbons (Fsp3) is 0.500. The SMILES string of the molecule is COCCCS(=O)(=O)N1Cc2ccccc2C(C(=O)O)C1. The largest absolute Gasteiger partial charge is 0.481 e. The lowest BCUT2D eigenvalue weighted by molar-refractivity contribution is -0.139. The van der Waals surface area contributed by atoms with E-state index in [-0.39, 0.29) is 18.8 Å². The summed E-state index contributed by atoms with van der Waals surface area (Å²) in [6.07, 6.45) is 0.398. The number of benzene rings is 1. The number of methoxy groups -OCH3 is 1. The molecule has 21 heavy (non-hydrogen) atoms. The molecule has 1 heterocycles. The van der Waals surface area contributed by atoms with Gasteiger partial charge in [-0.1, -0.05) is 24.3 Å². The normalized spacial score (nSPS) is 19.2. The molecule has 1 unspecified atom stereocenters. The number of nitrogens with zero attached hydrogens (tertiary/aromatic N) is 1. The minimum atomic E-state index is -3.47. The van der Waals surface area contributed by atoms with Crippen molar-refractivity contribution in [2.24, 2.45) is 0 Å². The third kappa shape index (κ3) is 3.61. The molecule has 0 amide bonds. The summed E-state index contributed by atoms with van der Waals surface area (Å²) >= 11 is 0. The maximum absolute atomic E-state index is 12.3. The molecule has 0 saturated carbocycles. The number of aliphatic carboxylic acids is 1. The summed E-state index contributed by atoms with van der Waals surface area (Å²) in [6.45, 7) is 0.586. The number of ether oxygens (including phenoxy) is 1. The highest BCUT2D eigenvalue weighted by atomic mass is 32.2. The Kier molecular flexibility index (Phi) is 4.97. The molecule has 116 valence electrons. The van der Waals surface area contributed by atoms with Crippen LogP contribution >= 0.6 is 0 Å². The Morgan fingerprint density at radius 2 is 2.14 bits per heavy atom. The van der Waals surface area contributed by atoms with E-state index in [2.05, 4.69) is 0 Å². The Labute approximate surface area is 124 Å². The zero-order valence-corrected chi connectivity index (χ0v) is 12.7. The van der Waals surface area contributed by atoms with Gasteiger partial charge >= 0.3 is 5.97 Å². The molecular formula is C14H19NO5S. The molecule has 6 nitrogen and oxygen atoms in total. The van der Waals surface area contributed by atoms with Crippen molar-refractivity contribution < 1.29 is 23.1 Å². The predicted molar refractivity (Wildman–Crippen MR) is 77.5 cm³/mol. The Hall–Kier alpha value is -1.44. The second kappa shape index (κ2) is 6.55. The minimum absolute atomic E-state index is 0.0122. The molecule has 0 bridgehead atoms. The standard InChI is InChI=1S/C14H19NO5S/c1-20-7-4-8-21(18,19)15-9-11-5-2-3-6-12(11)13(10-15)14(16)17/h2-3,5-6,13H,4,7-10H2,1H3,(H,16,17). The number of hydrogen-bond acceptors (Lipinski definition) is 4. The van der Waals surface area contributed by atoms with Crippen molar-refractivity contribution in [2.75, 3.05) is 26.0 Å². The van der Waals surface area contributed by atoms with Crippen LogP contribution in [0.15, 0.2) is 24.3 Å². The quantitative estimate of drug-likeness (QED) is 0.793. The van der Waals surface area contributed by atoms with Gasteiger partial charge in [0.25, 0.3) is 0 Å². The van der Waals surface area contributed by atoms with E-state index in [4.69, 9.17) is 4.74 Å². The van der Waals surface area contributed by atoms with E-state index in [0.29, 0.717) is 18.6 Å². The van der Waals surface area contributed by atoms with Crippen molar-refractivity contribution in [3.05, 3.63) is 35.4 Å². The lowest BCUT2D eigenvalue weighted by atomic mass is 9.91. The maximum atomic E-state index is 12.3. The zero-order valence-electron chi connectivity index (χ0n) is 11.9. The van der Waals surface area contributed by atoms with E-state index in [1.165, 1.54) is 11.4 Å². The maximum Gasteiger partial charge on any atom is 0.312 e. The highest BCUT2D eigenvalue weighted by molar-refractivity contribution is 7.89. The molecule has 2 rings (SSSR count). The fourth-order valence-corrected chi connectivity index (χ4v) is 3.97. The third-order valence-electron chi connectivity index (χ3n) is 3.61. The number of carboxylic acid groups (broad SMARTS) is 1. The van der Waals surface area contributed by atoms with Crippen LogP contribution in [-0.4, -0.2) is 49.8 Å². The van der Waals surface area contributed by atoms with E-state index in [0.717, 1.165) is 5.56 Å². The average molecular weight is 313 g/mol. The molecular weight excluding hydrogens is 294 g/mol. The van der Waals surface area contributed by atoms with E-state index >= 15 is 0 Å². The summed E-state index contributed by atoms with van der Waals surface area (Å²) < 4.78 is 30.8. The minimum Gasteiger partial charge on any atom is -0.481 e. The topological polar surface area (TPSA) is 83.9 Å². The van der Waals surface area contributed by atoms with Crippen molar-refractivity contribution in [1.29, 1.82) is 0 Å². The Morgan fingerprint density at radius 3 is 2.81 bits per heavy atom. The molecule has 1 aliphatic heterocycles. The van der Waals surface area contributed by atoms with E-state index in [1.54, 1.807) is 24.3 Å². The summed E-state index contributed by atoms with van der Waals surface area (Å²) in [4.78, 5) is 11.4. The van der Waals surface area contributed by atoms with Gasteiger partial charge in [-0.05, 0) is 17.5 Å². The molecule has 1 aromatic carbocycles. The van der Waals surface area contributed by atoms with Crippen LogP contribution in [0.25, 0.3) is 0 Å². The van der Waals surface area contributed by atoms with Crippen LogP contribution in [0.1, 0.15) is 23.5 Å². The molecule has 1 atom stereocenters. The number of carboxylic acids is 1. The van der Waals surface area contributed by atoms with Gasteiger partial charge in [0.15, 0.2) is 0 Å². The van der Waals surface area contributed by atoms with E-state index < -0.39 is 21.9 Å². The number of sulfonamides is 1. The van der Waals surface area contributed by atoms with Gasteiger partial charge in [-0.3, -0.25) is 4.79 Å². The van der Waals surface area contributed by atoms with Gasteiger partial charge in [0.05, 0.1) is 11.7 Å². The molecule has 0 spiro atoms. The smallest absolute Gasteiger partial charge is 0.312 e. The highest BCUT2D eigenvalue weighted by Crippen LogP contribution is 2.30. The van der Waals surface area contributed by atoms with Crippen molar-refractivity contribution in [1.82, 2.24) is 4.31 Å². The van der Waals surface area contributed by atoms with Crippen molar-refractivity contribution >= 4 is 16.0 Å². The zero-order chi connectivity index (χ0) is 15.5. The first-order valence-corrected chi connectivity index (χ1v) is 8.34. The van der Waals surface area contributed by atoms with E-state index in [9.17, 15) is 18.3 Å². The number of fused-ring (bicyclic) bond motifs is 1. The summed E-state index contributed by atoms with van der Waals surface area (Å²) in [6, 6.07) is 7.10. The van der Waals surface area contributed by atoms with Gasteiger partial charge in [0.2, 0.25) is 10.0 Å². The molecule has 1 aliphatic rings. The lowest BCUT2D eigenvalue weighted by Crippen LogP contribution is -2.41. The monoisotopic (exact) mass is 313 g/mol. The van der Waals surface area contributed by atoms with Gasteiger partial charge in [-0.2, -0.15) is 4.31 Å². The van der Waals surface area contributed by atoms with Crippen molar-refractivity contribution in [2.45, 2.75) is 18.9 Å². The summed E-state index contributed by atoms with van der Waals surface area (Å²) in [5.74, 6) is -1.85. The highest BCUT2D eigenvalue weighted by Gasteiger charge is 2.35. The van der Waals surface area contributed by atoms with Crippen LogP contribution in [-0.2, 0) is 26.1 Å². The average Bonchev–Trinajstić information content (AvgIpc) is 2.46. The number of hydrogen-bond donors (Lipinski definition) is 1. The third-order valence-corrected chi connectivity index (χ3v) is 5.48. The first-order chi connectivity index (χ1) is 9.95. The van der Waals surface area contributed by atoms with Crippen LogP contribution < -0.4 is 0 Å². The fourth-order valence-electron chi connectivity index (χ4n) is 2.51. The second-order valence-electron chi connectivity index (χ2n) is 5.04. The molecule has 0 aliphatic carbocycles. The number of rotatable bonds is 6. The summed E-state index contributed by atoms with van der Waals surface area (Å²) in [5.41, 5.74) is 1.46. The molecule has 0 saturated heterocycles. The Morgan fingerprint density at radius 1 is 1.43 bits per heavy atom. The molecule has 0 aromatic heterocycles. The molecule has 0 radical (unpaired) electrons. The van der Waals surface area contributed by atoms with Crippen molar-refractivity contribution in [3.63, 3.8) is 0 Å². The van der Waals surface area contributed by atoms with Crippen LogP contribution in [0.5, 0.6) is 0 Å². The molecule has 0 fully saturated rings. The van der Waals surface area contributed by atoms with Crippen LogP contribution in [0.2, 0.25) is 0 Å². The Bertz CT molecular complexity index is 614. The van der Waals surface area contributed by atoms with Gasteiger partial charge in [-0.15, -0.1) is 0 Å². The molecule has 7 heteroatoms. The van der Waals surface area contributed by atoms with Gasteiger partial charge in [0, 0.05) is 26.8 Å². The lowest BCUT2D eigenvalue weighted by Gasteiger charge is -2.32. The Balaban J connectivity index is 2.23. The van der Waals surface area contributed by atoms with Crippen molar-refractivity contribution in [3.8, 4) is 0 Å². The van der Waals surface area contributed by atoms with Gasteiger partial charge in [-0.25, -0.2) is 8.42 Å². The number of carbonyl (C=O) groups is 1. The van der Waals surface area contributed by atoms with Crippen LogP contribution in [0.4, 0.5) is 0 Å². The first-order valence-electron chi connectivity index (χ1n) is 6.73. The first kappa shape index (κ1) is 15.9.